The third-order valence-corrected chi connectivity index (χ3v) is 4.37. The summed E-state index contributed by atoms with van der Waals surface area (Å²) in [6.07, 6.45) is 7.86. The van der Waals surface area contributed by atoms with Gasteiger partial charge in [0.2, 0.25) is 0 Å². The highest BCUT2D eigenvalue weighted by Gasteiger charge is 2.12. The predicted octanol–water partition coefficient (Wildman–Crippen LogP) is 5.90. The summed E-state index contributed by atoms with van der Waals surface area (Å²) in [6.45, 7) is 9.02. The van der Waals surface area contributed by atoms with E-state index in [9.17, 15) is 0 Å². The van der Waals surface area contributed by atoms with E-state index in [1.807, 2.05) is 48.6 Å². The molecule has 0 aliphatic heterocycles. The van der Waals surface area contributed by atoms with E-state index in [0.717, 1.165) is 37.1 Å². The number of ether oxygens (including phenoxy) is 1. The van der Waals surface area contributed by atoms with Crippen LogP contribution in [0, 0.1) is 0 Å². The molecular weight excluding hydrogens is 332 g/mol. The van der Waals surface area contributed by atoms with Gasteiger partial charge in [0, 0.05) is 23.5 Å². The van der Waals surface area contributed by atoms with Crippen molar-refractivity contribution in [2.75, 3.05) is 23.8 Å². The van der Waals surface area contributed by atoms with Gasteiger partial charge in [-0.05, 0) is 49.9 Å². The van der Waals surface area contributed by atoms with Crippen LogP contribution in [0.15, 0.2) is 86.0 Å². The molecule has 0 bridgehead atoms. The van der Waals surface area contributed by atoms with E-state index in [1.165, 1.54) is 0 Å². The SMILES string of the molecule is C=CCCC(COCC(CCC=C)Nc1ccccc1)Nc1ccccc1. The lowest BCUT2D eigenvalue weighted by Crippen LogP contribution is -2.30. The highest BCUT2D eigenvalue weighted by atomic mass is 16.5. The number of nitrogens with one attached hydrogen (secondary N) is 2. The van der Waals surface area contributed by atoms with Crippen LogP contribution in [0.25, 0.3) is 0 Å². The van der Waals surface area contributed by atoms with Gasteiger partial charge in [-0.3, -0.25) is 0 Å². The maximum atomic E-state index is 6.10. The molecule has 144 valence electrons. The van der Waals surface area contributed by atoms with Crippen LogP contribution in [0.2, 0.25) is 0 Å². The number of allylic oxidation sites excluding steroid dienone is 2. The van der Waals surface area contributed by atoms with E-state index >= 15 is 0 Å². The summed E-state index contributed by atoms with van der Waals surface area (Å²) in [4.78, 5) is 0. The fraction of sp³-hybridized carbons (Fsp3) is 0.333. The molecule has 3 heteroatoms. The van der Waals surface area contributed by atoms with Crippen molar-refractivity contribution >= 4 is 11.4 Å². The summed E-state index contributed by atoms with van der Waals surface area (Å²) < 4.78 is 6.10. The summed E-state index contributed by atoms with van der Waals surface area (Å²) in [5.41, 5.74) is 2.25. The van der Waals surface area contributed by atoms with Gasteiger partial charge >= 0.3 is 0 Å². The molecule has 0 spiro atoms. The molecule has 0 aliphatic rings. The van der Waals surface area contributed by atoms with Gasteiger partial charge < -0.3 is 15.4 Å². The Kier molecular flexibility index (Phi) is 9.83. The topological polar surface area (TPSA) is 33.3 Å². The molecule has 2 aromatic rings. The van der Waals surface area contributed by atoms with Crippen LogP contribution in [-0.2, 0) is 4.74 Å². The van der Waals surface area contributed by atoms with Gasteiger partial charge in [-0.1, -0.05) is 48.6 Å². The molecule has 0 saturated heterocycles. The van der Waals surface area contributed by atoms with Crippen LogP contribution in [0.1, 0.15) is 25.7 Å². The molecule has 2 N–H and O–H groups in total. The molecule has 2 aromatic carbocycles. The van der Waals surface area contributed by atoms with Crippen molar-refractivity contribution in [1.29, 1.82) is 0 Å². The molecule has 27 heavy (non-hydrogen) atoms. The second-order valence-electron chi connectivity index (χ2n) is 6.68. The number of hydrogen-bond acceptors (Lipinski definition) is 3. The lowest BCUT2D eigenvalue weighted by molar-refractivity contribution is 0.113. The first-order chi connectivity index (χ1) is 13.3. The second kappa shape index (κ2) is 12.8. The van der Waals surface area contributed by atoms with Gasteiger partial charge in [-0.25, -0.2) is 0 Å². The van der Waals surface area contributed by atoms with Crippen molar-refractivity contribution < 1.29 is 4.74 Å². The maximum absolute atomic E-state index is 6.10. The summed E-state index contributed by atoms with van der Waals surface area (Å²) in [5.74, 6) is 0. The Morgan fingerprint density at radius 2 is 1.11 bits per heavy atom. The zero-order valence-electron chi connectivity index (χ0n) is 16.1. The van der Waals surface area contributed by atoms with Crippen LogP contribution in [0.4, 0.5) is 11.4 Å². The number of rotatable bonds is 14. The predicted molar refractivity (Wildman–Crippen MR) is 117 cm³/mol. The van der Waals surface area contributed by atoms with E-state index in [2.05, 4.69) is 48.1 Å². The van der Waals surface area contributed by atoms with Gasteiger partial charge in [0.25, 0.3) is 0 Å². The molecular formula is C24H32N2O. The quantitative estimate of drug-likeness (QED) is 0.410. The van der Waals surface area contributed by atoms with E-state index in [0.29, 0.717) is 13.2 Å². The van der Waals surface area contributed by atoms with E-state index < -0.39 is 0 Å². The number of hydrogen-bond donors (Lipinski definition) is 2. The molecule has 0 aromatic heterocycles. The lowest BCUT2D eigenvalue weighted by Gasteiger charge is -2.23. The first kappa shape index (κ1) is 20.8. The van der Waals surface area contributed by atoms with Crippen LogP contribution < -0.4 is 10.6 Å². The van der Waals surface area contributed by atoms with Crippen molar-refractivity contribution in [3.8, 4) is 0 Å². The molecule has 2 unspecified atom stereocenters. The highest BCUT2D eigenvalue weighted by molar-refractivity contribution is 5.44. The molecule has 0 radical (unpaired) electrons. The van der Waals surface area contributed by atoms with Crippen LogP contribution in [0.3, 0.4) is 0 Å². The van der Waals surface area contributed by atoms with Gasteiger partial charge in [-0.2, -0.15) is 0 Å². The number of anilines is 2. The van der Waals surface area contributed by atoms with Gasteiger partial charge in [0.05, 0.1) is 13.2 Å². The second-order valence-corrected chi connectivity index (χ2v) is 6.68. The average Bonchev–Trinajstić information content (AvgIpc) is 2.71. The first-order valence-electron chi connectivity index (χ1n) is 9.74. The fourth-order valence-electron chi connectivity index (χ4n) is 2.93. The van der Waals surface area contributed by atoms with Crippen LogP contribution in [0.5, 0.6) is 0 Å². The zero-order valence-corrected chi connectivity index (χ0v) is 16.1. The molecule has 3 nitrogen and oxygen atoms in total. The fourth-order valence-corrected chi connectivity index (χ4v) is 2.93. The first-order valence-corrected chi connectivity index (χ1v) is 9.74. The number of benzene rings is 2. The van der Waals surface area contributed by atoms with Crippen molar-refractivity contribution in [3.05, 3.63) is 86.0 Å². The monoisotopic (exact) mass is 364 g/mol. The Balaban J connectivity index is 1.86. The van der Waals surface area contributed by atoms with Crippen LogP contribution >= 0.6 is 0 Å². The molecule has 0 fully saturated rings. The van der Waals surface area contributed by atoms with Crippen molar-refractivity contribution in [3.63, 3.8) is 0 Å². The Morgan fingerprint density at radius 3 is 1.48 bits per heavy atom. The lowest BCUT2D eigenvalue weighted by atomic mass is 10.1. The Hall–Kier alpha value is -2.52. The zero-order chi connectivity index (χ0) is 19.2. The van der Waals surface area contributed by atoms with E-state index in [-0.39, 0.29) is 12.1 Å². The summed E-state index contributed by atoms with van der Waals surface area (Å²) in [7, 11) is 0. The minimum Gasteiger partial charge on any atom is -0.380 e. The van der Waals surface area contributed by atoms with E-state index in [1.54, 1.807) is 0 Å². The third-order valence-electron chi connectivity index (χ3n) is 4.37. The van der Waals surface area contributed by atoms with Gasteiger partial charge in [-0.15, -0.1) is 13.2 Å². The molecule has 2 rings (SSSR count). The van der Waals surface area contributed by atoms with Gasteiger partial charge in [0.15, 0.2) is 0 Å². The normalized spacial score (nSPS) is 12.7. The summed E-state index contributed by atoms with van der Waals surface area (Å²) in [6, 6.07) is 21.1. The van der Waals surface area contributed by atoms with E-state index in [4.69, 9.17) is 4.74 Å². The summed E-state index contributed by atoms with van der Waals surface area (Å²) >= 11 is 0. The largest absolute Gasteiger partial charge is 0.380 e. The molecule has 2 atom stereocenters. The van der Waals surface area contributed by atoms with Crippen LogP contribution in [-0.4, -0.2) is 25.3 Å². The maximum Gasteiger partial charge on any atom is 0.0668 e. The van der Waals surface area contributed by atoms with Gasteiger partial charge in [0.1, 0.15) is 0 Å². The molecule has 0 saturated carbocycles. The Bertz CT molecular complexity index is 584. The molecule has 0 heterocycles. The number of para-hydroxylation sites is 2. The average molecular weight is 365 g/mol. The van der Waals surface area contributed by atoms with Crippen molar-refractivity contribution in [2.24, 2.45) is 0 Å². The minimum atomic E-state index is 0.266. The molecule has 0 amide bonds. The van der Waals surface area contributed by atoms with Crippen molar-refractivity contribution in [2.45, 2.75) is 37.8 Å². The Morgan fingerprint density at radius 1 is 0.704 bits per heavy atom. The minimum absolute atomic E-state index is 0.266. The summed E-state index contributed by atoms with van der Waals surface area (Å²) in [5, 5.41) is 7.14. The highest BCUT2D eigenvalue weighted by Crippen LogP contribution is 2.13. The Labute approximate surface area is 164 Å². The smallest absolute Gasteiger partial charge is 0.0668 e. The van der Waals surface area contributed by atoms with Crippen molar-refractivity contribution in [1.82, 2.24) is 0 Å². The third kappa shape index (κ3) is 8.61. The molecule has 0 aliphatic carbocycles. The standard InChI is InChI=1S/C24H32N2O/c1-3-5-13-23(25-21-15-9-7-10-16-21)19-27-20-24(14-6-4-2)26-22-17-11-8-12-18-22/h3-4,7-12,15-18,23-26H,1-2,5-6,13-14,19-20H2.